The van der Waals surface area contributed by atoms with Crippen LogP contribution in [0.3, 0.4) is 0 Å². The van der Waals surface area contributed by atoms with Crippen LogP contribution in [0.15, 0.2) is 48.5 Å². The number of para-hydroxylation sites is 1. The molecule has 0 unspecified atom stereocenters. The molecule has 0 aliphatic rings. The molecule has 136 valence electrons. The Morgan fingerprint density at radius 3 is 2.69 bits per heavy atom. The summed E-state index contributed by atoms with van der Waals surface area (Å²) in [6, 6.07) is 15.1. The van der Waals surface area contributed by atoms with E-state index in [1.807, 2.05) is 55.5 Å². The lowest BCUT2D eigenvalue weighted by Gasteiger charge is -2.13. The quantitative estimate of drug-likeness (QED) is 0.576. The van der Waals surface area contributed by atoms with Gasteiger partial charge in [0, 0.05) is 5.69 Å². The molecular formula is C19H23N5O2. The topological polar surface area (TPSA) is 98.1 Å². The van der Waals surface area contributed by atoms with E-state index in [1.165, 1.54) is 0 Å². The van der Waals surface area contributed by atoms with E-state index in [1.54, 1.807) is 7.11 Å². The number of ether oxygens (including phenoxy) is 2. The molecule has 26 heavy (non-hydrogen) atoms. The normalized spacial score (nSPS) is 11.8. The predicted molar refractivity (Wildman–Crippen MR) is 100 cm³/mol. The van der Waals surface area contributed by atoms with Crippen molar-refractivity contribution in [3.63, 3.8) is 0 Å². The minimum absolute atomic E-state index is 0.457. The minimum Gasteiger partial charge on any atom is -0.493 e. The van der Waals surface area contributed by atoms with Crippen LogP contribution in [0.25, 0.3) is 0 Å². The van der Waals surface area contributed by atoms with Crippen molar-refractivity contribution in [2.75, 3.05) is 19.0 Å². The fourth-order valence-corrected chi connectivity index (χ4v) is 2.57. The smallest absolute Gasteiger partial charge is 0.171 e. The van der Waals surface area contributed by atoms with E-state index in [0.717, 1.165) is 17.1 Å². The summed E-state index contributed by atoms with van der Waals surface area (Å²) in [5, 5.41) is 10.5. The van der Waals surface area contributed by atoms with E-state index in [-0.39, 0.29) is 0 Å². The standard InChI is InChI=1S/C19H23N5O2/c1-3-26-16-11-13(9-10-15(16)25-2)18(20)19-22-17(23-24-19)12-21-14-7-5-4-6-8-14/h4-11,18,21H,3,12,20H2,1-2H3,(H,22,23,24)/t18-/m1/s1. The molecule has 0 bridgehead atoms. The maximum Gasteiger partial charge on any atom is 0.171 e. The molecule has 0 aliphatic carbocycles. The first kappa shape index (κ1) is 17.8. The van der Waals surface area contributed by atoms with Crippen molar-refractivity contribution in [1.29, 1.82) is 0 Å². The van der Waals surface area contributed by atoms with Gasteiger partial charge >= 0.3 is 0 Å². The van der Waals surface area contributed by atoms with E-state index in [9.17, 15) is 0 Å². The maximum atomic E-state index is 6.33. The molecule has 0 aliphatic heterocycles. The highest BCUT2D eigenvalue weighted by molar-refractivity contribution is 5.45. The van der Waals surface area contributed by atoms with Gasteiger partial charge in [0.15, 0.2) is 17.3 Å². The highest BCUT2D eigenvalue weighted by Gasteiger charge is 2.17. The van der Waals surface area contributed by atoms with Gasteiger partial charge in [-0.25, -0.2) is 4.98 Å². The first-order valence-corrected chi connectivity index (χ1v) is 8.47. The summed E-state index contributed by atoms with van der Waals surface area (Å²) in [5.74, 6) is 2.58. The molecule has 3 aromatic rings. The third-order valence-electron chi connectivity index (χ3n) is 3.91. The van der Waals surface area contributed by atoms with Crippen molar-refractivity contribution in [1.82, 2.24) is 15.2 Å². The van der Waals surface area contributed by atoms with E-state index in [2.05, 4.69) is 20.5 Å². The highest BCUT2D eigenvalue weighted by atomic mass is 16.5. The molecule has 7 heteroatoms. The second-order valence-electron chi connectivity index (χ2n) is 5.68. The highest BCUT2D eigenvalue weighted by Crippen LogP contribution is 2.31. The van der Waals surface area contributed by atoms with Gasteiger partial charge in [-0.05, 0) is 36.8 Å². The molecule has 0 fully saturated rings. The van der Waals surface area contributed by atoms with Crippen LogP contribution < -0.4 is 20.5 Å². The Bertz CT molecular complexity index is 835. The molecule has 2 aromatic carbocycles. The molecule has 1 aromatic heterocycles. The lowest BCUT2D eigenvalue weighted by atomic mass is 10.1. The molecule has 0 saturated carbocycles. The number of hydrogen-bond acceptors (Lipinski definition) is 6. The Hall–Kier alpha value is -3.06. The summed E-state index contributed by atoms with van der Waals surface area (Å²) in [5.41, 5.74) is 8.21. The average molecular weight is 353 g/mol. The van der Waals surface area contributed by atoms with Gasteiger partial charge in [-0.15, -0.1) is 0 Å². The Morgan fingerprint density at radius 2 is 1.96 bits per heavy atom. The number of anilines is 1. The molecule has 0 saturated heterocycles. The lowest BCUT2D eigenvalue weighted by Crippen LogP contribution is -2.14. The second-order valence-corrected chi connectivity index (χ2v) is 5.68. The van der Waals surface area contributed by atoms with Crippen molar-refractivity contribution in [2.24, 2.45) is 5.73 Å². The van der Waals surface area contributed by atoms with Crippen molar-refractivity contribution in [2.45, 2.75) is 19.5 Å². The summed E-state index contributed by atoms with van der Waals surface area (Å²) in [7, 11) is 1.61. The third kappa shape index (κ3) is 4.12. The Morgan fingerprint density at radius 1 is 1.15 bits per heavy atom. The van der Waals surface area contributed by atoms with Gasteiger partial charge in [0.05, 0.1) is 26.3 Å². The number of hydrogen-bond donors (Lipinski definition) is 3. The SMILES string of the molecule is CCOc1cc([C@@H](N)c2n[nH]c(CNc3ccccc3)n2)ccc1OC. The largest absolute Gasteiger partial charge is 0.493 e. The molecule has 3 rings (SSSR count). The average Bonchev–Trinajstić information content (AvgIpc) is 3.16. The van der Waals surface area contributed by atoms with Gasteiger partial charge in [-0.1, -0.05) is 24.3 Å². The van der Waals surface area contributed by atoms with Gasteiger partial charge in [-0.3, -0.25) is 5.10 Å². The second kappa shape index (κ2) is 8.35. The summed E-state index contributed by atoms with van der Waals surface area (Å²) < 4.78 is 10.9. The lowest BCUT2D eigenvalue weighted by molar-refractivity contribution is 0.310. The summed E-state index contributed by atoms with van der Waals surface area (Å²) in [4.78, 5) is 4.49. The zero-order valence-corrected chi connectivity index (χ0v) is 14.9. The molecule has 0 amide bonds. The number of benzene rings is 2. The number of aromatic amines is 1. The van der Waals surface area contributed by atoms with Gasteiger partial charge in [-0.2, -0.15) is 5.10 Å². The van der Waals surface area contributed by atoms with Crippen LogP contribution >= 0.6 is 0 Å². The molecule has 7 nitrogen and oxygen atoms in total. The summed E-state index contributed by atoms with van der Waals surface area (Å²) >= 11 is 0. The molecule has 4 N–H and O–H groups in total. The maximum absolute atomic E-state index is 6.33. The van der Waals surface area contributed by atoms with Gasteiger partial charge in [0.1, 0.15) is 5.82 Å². The molecular weight excluding hydrogens is 330 g/mol. The predicted octanol–water partition coefficient (Wildman–Crippen LogP) is 2.87. The van der Waals surface area contributed by atoms with Gasteiger partial charge < -0.3 is 20.5 Å². The number of nitrogens with zero attached hydrogens (tertiary/aromatic N) is 2. The van der Waals surface area contributed by atoms with Crippen molar-refractivity contribution < 1.29 is 9.47 Å². The van der Waals surface area contributed by atoms with Gasteiger partial charge in [0.25, 0.3) is 0 Å². The number of nitrogens with one attached hydrogen (secondary N) is 2. The minimum atomic E-state index is -0.457. The zero-order chi connectivity index (χ0) is 18.4. The molecule has 0 radical (unpaired) electrons. The number of H-pyrrole nitrogens is 1. The van der Waals surface area contributed by atoms with Crippen LogP contribution in [0.4, 0.5) is 5.69 Å². The summed E-state index contributed by atoms with van der Waals surface area (Å²) in [6.07, 6.45) is 0. The van der Waals surface area contributed by atoms with Crippen molar-refractivity contribution >= 4 is 5.69 Å². The first-order chi connectivity index (χ1) is 12.7. The Balaban J connectivity index is 1.71. The van der Waals surface area contributed by atoms with Crippen LogP contribution in [0.2, 0.25) is 0 Å². The van der Waals surface area contributed by atoms with Crippen LogP contribution in [0.5, 0.6) is 11.5 Å². The van der Waals surface area contributed by atoms with Crippen LogP contribution in [-0.4, -0.2) is 28.9 Å². The number of aromatic nitrogens is 3. The fraction of sp³-hybridized carbons (Fsp3) is 0.263. The molecule has 1 atom stereocenters. The van der Waals surface area contributed by atoms with Crippen LogP contribution in [0.1, 0.15) is 30.2 Å². The molecule has 0 spiro atoms. The third-order valence-corrected chi connectivity index (χ3v) is 3.91. The number of methoxy groups -OCH3 is 1. The number of rotatable bonds is 8. The van der Waals surface area contributed by atoms with Gasteiger partial charge in [0.2, 0.25) is 0 Å². The van der Waals surface area contributed by atoms with Crippen molar-refractivity contribution in [3.8, 4) is 11.5 Å². The summed E-state index contributed by atoms with van der Waals surface area (Å²) in [6.45, 7) is 3.01. The molecule has 1 heterocycles. The fourth-order valence-electron chi connectivity index (χ4n) is 2.57. The zero-order valence-electron chi connectivity index (χ0n) is 14.9. The van der Waals surface area contributed by atoms with Crippen LogP contribution in [0, 0.1) is 0 Å². The van der Waals surface area contributed by atoms with Crippen LogP contribution in [-0.2, 0) is 6.54 Å². The monoisotopic (exact) mass is 353 g/mol. The number of nitrogens with two attached hydrogens (primary N) is 1. The first-order valence-electron chi connectivity index (χ1n) is 8.47. The Labute approximate surface area is 152 Å². The Kier molecular flexibility index (Phi) is 5.70. The van der Waals surface area contributed by atoms with E-state index in [4.69, 9.17) is 15.2 Å². The van der Waals surface area contributed by atoms with E-state index < -0.39 is 6.04 Å². The van der Waals surface area contributed by atoms with E-state index >= 15 is 0 Å². The van der Waals surface area contributed by atoms with Crippen molar-refractivity contribution in [3.05, 3.63) is 65.7 Å². The van der Waals surface area contributed by atoms with E-state index in [0.29, 0.717) is 30.5 Å².